The van der Waals surface area contributed by atoms with E-state index < -0.39 is 5.97 Å². The van der Waals surface area contributed by atoms with Crippen molar-refractivity contribution < 1.29 is 14.7 Å². The first-order valence-electron chi connectivity index (χ1n) is 6.82. The summed E-state index contributed by atoms with van der Waals surface area (Å²) < 4.78 is 0. The van der Waals surface area contributed by atoms with E-state index in [1.54, 1.807) is 6.92 Å². The normalized spacial score (nSPS) is 13.0. The highest BCUT2D eigenvalue weighted by molar-refractivity contribution is 5.99. The Morgan fingerprint density at radius 3 is 2.20 bits per heavy atom. The molecular weight excluding hydrogens is 254 g/mol. The highest BCUT2D eigenvalue weighted by Crippen LogP contribution is 2.22. The molecule has 0 bridgehead atoms. The molecule has 1 rings (SSSR count). The standard InChI is InChI=1S/C16H23NO3/c1-11(17-10-9-14(18)19)15(20)12-5-7-13(8-6-12)16(2,3)4/h5-8,11,17H,9-10H2,1-4H3,(H,18,19). The molecule has 1 unspecified atom stereocenters. The Morgan fingerprint density at radius 1 is 1.20 bits per heavy atom. The van der Waals surface area contributed by atoms with Crippen LogP contribution in [0, 0.1) is 0 Å². The highest BCUT2D eigenvalue weighted by atomic mass is 16.4. The summed E-state index contributed by atoms with van der Waals surface area (Å²) >= 11 is 0. The number of rotatable bonds is 6. The maximum absolute atomic E-state index is 12.2. The van der Waals surface area contributed by atoms with Gasteiger partial charge < -0.3 is 10.4 Å². The van der Waals surface area contributed by atoms with Crippen LogP contribution in [0.5, 0.6) is 0 Å². The lowest BCUT2D eigenvalue weighted by Gasteiger charge is -2.19. The minimum absolute atomic E-state index is 0.0145. The third-order valence-electron chi connectivity index (χ3n) is 3.22. The topological polar surface area (TPSA) is 66.4 Å². The van der Waals surface area contributed by atoms with Crippen molar-refractivity contribution in [3.63, 3.8) is 0 Å². The number of hydrogen-bond donors (Lipinski definition) is 2. The van der Waals surface area contributed by atoms with Crippen molar-refractivity contribution in [3.8, 4) is 0 Å². The van der Waals surface area contributed by atoms with Crippen molar-refractivity contribution in [2.75, 3.05) is 6.54 Å². The first kappa shape index (κ1) is 16.4. The average molecular weight is 277 g/mol. The summed E-state index contributed by atoms with van der Waals surface area (Å²) in [4.78, 5) is 22.6. The number of carbonyl (C=O) groups excluding carboxylic acids is 1. The molecule has 0 saturated carbocycles. The Balaban J connectivity index is 2.65. The first-order valence-corrected chi connectivity index (χ1v) is 6.82. The Labute approximate surface area is 120 Å². The fourth-order valence-corrected chi connectivity index (χ4v) is 1.87. The second-order valence-corrected chi connectivity index (χ2v) is 6.01. The second kappa shape index (κ2) is 6.66. The van der Waals surface area contributed by atoms with Crippen LogP contribution in [0.15, 0.2) is 24.3 Å². The quantitative estimate of drug-likeness (QED) is 0.784. The summed E-state index contributed by atoms with van der Waals surface area (Å²) in [6.07, 6.45) is 0.0145. The Hall–Kier alpha value is -1.68. The number of benzene rings is 1. The molecule has 0 heterocycles. The summed E-state index contributed by atoms with van der Waals surface area (Å²) in [5.74, 6) is -0.887. The van der Waals surface area contributed by atoms with Gasteiger partial charge in [0.2, 0.25) is 0 Å². The summed E-state index contributed by atoms with van der Waals surface area (Å²) in [6, 6.07) is 7.22. The lowest BCUT2D eigenvalue weighted by molar-refractivity contribution is -0.136. The Kier molecular flexibility index (Phi) is 5.45. The van der Waals surface area contributed by atoms with Gasteiger partial charge >= 0.3 is 5.97 Å². The number of carboxylic acids is 1. The molecule has 4 heteroatoms. The Morgan fingerprint density at radius 2 is 1.75 bits per heavy atom. The SMILES string of the molecule is CC(NCCC(=O)O)C(=O)c1ccc(C(C)(C)C)cc1. The van der Waals surface area contributed by atoms with Gasteiger partial charge in [-0.05, 0) is 17.9 Å². The molecule has 0 spiro atoms. The molecule has 0 aliphatic heterocycles. The van der Waals surface area contributed by atoms with E-state index in [0.717, 1.165) is 0 Å². The van der Waals surface area contributed by atoms with Gasteiger partial charge in [-0.2, -0.15) is 0 Å². The second-order valence-electron chi connectivity index (χ2n) is 6.01. The zero-order valence-corrected chi connectivity index (χ0v) is 12.6. The highest BCUT2D eigenvalue weighted by Gasteiger charge is 2.17. The maximum atomic E-state index is 12.2. The number of nitrogens with one attached hydrogen (secondary N) is 1. The van der Waals surface area contributed by atoms with E-state index in [2.05, 4.69) is 26.1 Å². The number of aliphatic carboxylic acids is 1. The minimum Gasteiger partial charge on any atom is -0.481 e. The van der Waals surface area contributed by atoms with Crippen molar-refractivity contribution >= 4 is 11.8 Å². The van der Waals surface area contributed by atoms with Crippen molar-refractivity contribution in [1.82, 2.24) is 5.32 Å². The van der Waals surface area contributed by atoms with Gasteiger partial charge in [0.05, 0.1) is 12.5 Å². The molecule has 4 nitrogen and oxygen atoms in total. The van der Waals surface area contributed by atoms with Crippen molar-refractivity contribution in [2.24, 2.45) is 0 Å². The fraction of sp³-hybridized carbons (Fsp3) is 0.500. The molecule has 0 aliphatic rings. The van der Waals surface area contributed by atoms with E-state index in [1.807, 2.05) is 24.3 Å². The molecule has 0 radical (unpaired) electrons. The van der Waals surface area contributed by atoms with Gasteiger partial charge in [0.15, 0.2) is 5.78 Å². The van der Waals surface area contributed by atoms with Gasteiger partial charge in [-0.25, -0.2) is 0 Å². The summed E-state index contributed by atoms with van der Waals surface area (Å²) in [5, 5.41) is 11.5. The molecule has 0 amide bonds. The van der Waals surface area contributed by atoms with Crippen LogP contribution in [0.2, 0.25) is 0 Å². The van der Waals surface area contributed by atoms with Gasteiger partial charge in [0.1, 0.15) is 0 Å². The lowest BCUT2D eigenvalue weighted by Crippen LogP contribution is -2.35. The monoisotopic (exact) mass is 277 g/mol. The summed E-state index contributed by atoms with van der Waals surface area (Å²) in [7, 11) is 0. The average Bonchev–Trinajstić information content (AvgIpc) is 2.36. The molecule has 2 N–H and O–H groups in total. The molecule has 0 fully saturated rings. The third kappa shape index (κ3) is 4.78. The van der Waals surface area contributed by atoms with Gasteiger partial charge in [-0.3, -0.25) is 9.59 Å². The van der Waals surface area contributed by atoms with E-state index in [0.29, 0.717) is 12.1 Å². The number of hydrogen-bond acceptors (Lipinski definition) is 3. The molecular formula is C16H23NO3. The van der Waals surface area contributed by atoms with Crippen molar-refractivity contribution in [3.05, 3.63) is 35.4 Å². The van der Waals surface area contributed by atoms with Gasteiger partial charge in [-0.15, -0.1) is 0 Å². The van der Waals surface area contributed by atoms with Crippen LogP contribution in [0.3, 0.4) is 0 Å². The molecule has 1 aromatic rings. The molecule has 1 atom stereocenters. The van der Waals surface area contributed by atoms with Crippen LogP contribution in [-0.4, -0.2) is 29.4 Å². The smallest absolute Gasteiger partial charge is 0.304 e. The van der Waals surface area contributed by atoms with Crippen LogP contribution >= 0.6 is 0 Å². The number of Topliss-reactive ketones (excluding diaryl/α,β-unsaturated/α-hetero) is 1. The summed E-state index contributed by atoms with van der Waals surface area (Å²) in [5.41, 5.74) is 1.89. The largest absolute Gasteiger partial charge is 0.481 e. The van der Waals surface area contributed by atoms with E-state index in [1.165, 1.54) is 5.56 Å². The zero-order valence-electron chi connectivity index (χ0n) is 12.6. The molecule has 110 valence electrons. The summed E-state index contributed by atoms with van der Waals surface area (Å²) in [6.45, 7) is 8.42. The molecule has 0 saturated heterocycles. The van der Waals surface area contributed by atoms with Crippen molar-refractivity contribution in [2.45, 2.75) is 45.6 Å². The lowest BCUT2D eigenvalue weighted by atomic mass is 9.86. The zero-order chi connectivity index (χ0) is 15.3. The molecule has 1 aromatic carbocycles. The Bertz CT molecular complexity index is 471. The molecule has 0 aliphatic carbocycles. The van der Waals surface area contributed by atoms with Gasteiger partial charge in [0, 0.05) is 12.1 Å². The van der Waals surface area contributed by atoms with Crippen LogP contribution in [0.25, 0.3) is 0 Å². The maximum Gasteiger partial charge on any atom is 0.304 e. The van der Waals surface area contributed by atoms with E-state index in [-0.39, 0.29) is 23.7 Å². The van der Waals surface area contributed by atoms with Crippen molar-refractivity contribution in [1.29, 1.82) is 0 Å². The third-order valence-corrected chi connectivity index (χ3v) is 3.22. The van der Waals surface area contributed by atoms with E-state index in [9.17, 15) is 9.59 Å². The molecule has 0 aromatic heterocycles. The number of carbonyl (C=O) groups is 2. The van der Waals surface area contributed by atoms with Crippen LogP contribution in [0.1, 0.15) is 50.0 Å². The first-order chi connectivity index (χ1) is 9.21. The number of ketones is 1. The fourth-order valence-electron chi connectivity index (χ4n) is 1.87. The predicted octanol–water partition coefficient (Wildman–Crippen LogP) is 2.62. The van der Waals surface area contributed by atoms with Crippen LogP contribution in [-0.2, 0) is 10.2 Å². The van der Waals surface area contributed by atoms with Gasteiger partial charge in [0.25, 0.3) is 0 Å². The van der Waals surface area contributed by atoms with E-state index in [4.69, 9.17) is 5.11 Å². The predicted molar refractivity (Wildman–Crippen MR) is 79.2 cm³/mol. The minimum atomic E-state index is -0.869. The van der Waals surface area contributed by atoms with E-state index >= 15 is 0 Å². The van der Waals surface area contributed by atoms with Gasteiger partial charge in [-0.1, -0.05) is 45.0 Å². The van der Waals surface area contributed by atoms with Crippen LogP contribution < -0.4 is 5.32 Å². The molecule has 20 heavy (non-hydrogen) atoms. The van der Waals surface area contributed by atoms with Crippen LogP contribution in [0.4, 0.5) is 0 Å². The number of carboxylic acid groups (broad SMARTS) is 1.